The number of ether oxygens (including phenoxy) is 2. The minimum Gasteiger partial charge on any atom is -0.494 e. The number of carbonyl (C=O) groups is 1. The maximum atomic E-state index is 14.0. The summed E-state index contributed by atoms with van der Waals surface area (Å²) in [4.78, 5) is 21.8. The lowest BCUT2D eigenvalue weighted by Crippen LogP contribution is -2.53. The molecule has 3 aromatic carbocycles. The van der Waals surface area contributed by atoms with E-state index in [9.17, 15) is 4.79 Å². The van der Waals surface area contributed by atoms with Crippen LogP contribution in [-0.2, 0) is 22.5 Å². The number of carbonyl (C=O) groups excluding carboxylic acids is 1. The fraction of sp³-hybridized carbons (Fsp3) is 0.290. The van der Waals surface area contributed by atoms with Crippen molar-refractivity contribution in [3.05, 3.63) is 123 Å². The highest BCUT2D eigenvalue weighted by molar-refractivity contribution is 6.31. The molecule has 3 N–H and O–H groups in total. The summed E-state index contributed by atoms with van der Waals surface area (Å²) in [5.41, 5.74) is 16.4. The molecule has 11 heteroatoms. The fourth-order valence-electron chi connectivity index (χ4n) is 4.70. The Labute approximate surface area is 249 Å². The number of hydrazine groups is 1. The molecule has 0 aliphatic carbocycles. The van der Waals surface area contributed by atoms with Crippen LogP contribution in [0.3, 0.4) is 0 Å². The van der Waals surface area contributed by atoms with Crippen molar-refractivity contribution >= 4 is 23.4 Å². The lowest BCUT2D eigenvalue weighted by atomic mass is 9.83. The number of aliphatic hydroxyl groups is 1. The summed E-state index contributed by atoms with van der Waals surface area (Å²) in [7, 11) is 0. The van der Waals surface area contributed by atoms with Crippen LogP contribution >= 0.6 is 11.6 Å². The Morgan fingerprint density at radius 3 is 2.62 bits per heavy atom. The van der Waals surface area contributed by atoms with E-state index in [1.165, 1.54) is 0 Å². The van der Waals surface area contributed by atoms with Crippen LogP contribution in [0.15, 0.2) is 95.6 Å². The Bertz CT molecular complexity index is 1460. The molecule has 42 heavy (non-hydrogen) atoms. The second kappa shape index (κ2) is 15.0. The van der Waals surface area contributed by atoms with E-state index >= 15 is 0 Å². The van der Waals surface area contributed by atoms with Gasteiger partial charge in [-0.15, -0.1) is 6.58 Å². The van der Waals surface area contributed by atoms with Crippen molar-refractivity contribution in [2.45, 2.75) is 37.5 Å². The summed E-state index contributed by atoms with van der Waals surface area (Å²) >= 11 is 6.28. The van der Waals surface area contributed by atoms with Crippen LogP contribution in [0.4, 0.5) is 0 Å². The molecule has 1 heterocycles. The molecular formula is C31H33ClN6O4. The summed E-state index contributed by atoms with van der Waals surface area (Å²) in [6.45, 7) is 4.87. The number of rotatable bonds is 15. The molecule has 1 amide bonds. The van der Waals surface area contributed by atoms with Crippen molar-refractivity contribution in [2.24, 2.45) is 10.1 Å². The number of halogens is 1. The second-order valence-corrected chi connectivity index (χ2v) is 10.00. The van der Waals surface area contributed by atoms with E-state index in [1.54, 1.807) is 30.3 Å². The summed E-state index contributed by atoms with van der Waals surface area (Å²) in [6, 6.07) is 22.1. The van der Waals surface area contributed by atoms with Crippen LogP contribution in [0.5, 0.6) is 5.75 Å². The van der Waals surface area contributed by atoms with E-state index < -0.39 is 17.6 Å². The molecule has 0 saturated heterocycles. The van der Waals surface area contributed by atoms with Gasteiger partial charge in [0.05, 0.1) is 13.2 Å². The molecule has 0 saturated carbocycles. The lowest BCUT2D eigenvalue weighted by molar-refractivity contribution is -0.129. The summed E-state index contributed by atoms with van der Waals surface area (Å²) in [5.74, 6) is 0.526. The number of azide groups is 1. The SMILES string of the molecule is C=CC[C@]1(C(=O)NNCCc2ccccc2Cl)N=C(c2ccc(OCCCO)cc2)O[C@H]1c1ccccc1CN=[N+]=[N-]. The molecule has 0 unspecified atom stereocenters. The molecule has 3 aromatic rings. The topological polar surface area (TPSA) is 141 Å². The Morgan fingerprint density at radius 1 is 1.17 bits per heavy atom. The van der Waals surface area contributed by atoms with E-state index in [0.29, 0.717) is 47.9 Å². The minimum atomic E-state index is -1.41. The number of aliphatic imine (C=N–C) groups is 1. The highest BCUT2D eigenvalue weighted by Gasteiger charge is 2.53. The highest BCUT2D eigenvalue weighted by Crippen LogP contribution is 2.44. The maximum absolute atomic E-state index is 14.0. The van der Waals surface area contributed by atoms with Gasteiger partial charge < -0.3 is 14.6 Å². The number of nitrogens with zero attached hydrogens (tertiary/aromatic N) is 4. The van der Waals surface area contributed by atoms with Gasteiger partial charge in [-0.1, -0.05) is 65.3 Å². The number of hydrogen-bond acceptors (Lipinski definition) is 7. The van der Waals surface area contributed by atoms with Gasteiger partial charge in [0.1, 0.15) is 5.75 Å². The largest absolute Gasteiger partial charge is 0.494 e. The Balaban J connectivity index is 1.64. The van der Waals surface area contributed by atoms with Crippen LogP contribution in [-0.4, -0.2) is 42.2 Å². The predicted octanol–water partition coefficient (Wildman–Crippen LogP) is 5.61. The standard InChI is InChI=1S/C31H33ClN6O4/c1-2-17-31(30(40)37-34-18-16-22-8-4-6-11-27(22)32)28(26-10-5-3-9-24(26)21-35-38-33)42-29(36-31)23-12-14-25(15-13-23)41-20-7-19-39/h2-6,8-15,28,34,39H,1,7,16-21H2,(H,37,40)/t28-,31-/m0/s1. The van der Waals surface area contributed by atoms with E-state index in [1.807, 2.05) is 48.5 Å². The van der Waals surface area contributed by atoms with Crippen LogP contribution in [0.25, 0.3) is 10.4 Å². The van der Waals surface area contributed by atoms with Gasteiger partial charge in [-0.25, -0.2) is 10.4 Å². The van der Waals surface area contributed by atoms with Crippen LogP contribution in [0, 0.1) is 0 Å². The van der Waals surface area contributed by atoms with Crippen molar-refractivity contribution in [3.8, 4) is 5.75 Å². The van der Waals surface area contributed by atoms with Gasteiger partial charge >= 0.3 is 0 Å². The molecule has 1 aliphatic rings. The van der Waals surface area contributed by atoms with Gasteiger partial charge in [-0.3, -0.25) is 10.2 Å². The van der Waals surface area contributed by atoms with Crippen molar-refractivity contribution in [1.29, 1.82) is 0 Å². The zero-order valence-electron chi connectivity index (χ0n) is 23.1. The number of amides is 1. The maximum Gasteiger partial charge on any atom is 0.266 e. The average molecular weight is 589 g/mol. The van der Waals surface area contributed by atoms with E-state index in [4.69, 9.17) is 36.7 Å². The molecular weight excluding hydrogens is 556 g/mol. The summed E-state index contributed by atoms with van der Waals surface area (Å²) in [6.07, 6.45) is 2.11. The fourth-order valence-corrected chi connectivity index (χ4v) is 4.93. The first-order valence-corrected chi connectivity index (χ1v) is 14.0. The van der Waals surface area contributed by atoms with E-state index in [-0.39, 0.29) is 25.5 Å². The second-order valence-electron chi connectivity index (χ2n) is 9.59. The Hall–Kier alpha value is -4.34. The van der Waals surface area contributed by atoms with Gasteiger partial charge in [-0.2, -0.15) is 0 Å². The Morgan fingerprint density at radius 2 is 1.90 bits per heavy atom. The van der Waals surface area contributed by atoms with Crippen molar-refractivity contribution in [2.75, 3.05) is 19.8 Å². The molecule has 0 aromatic heterocycles. The summed E-state index contributed by atoms with van der Waals surface area (Å²) in [5, 5.41) is 13.4. The van der Waals surface area contributed by atoms with E-state index in [0.717, 1.165) is 11.1 Å². The third-order valence-electron chi connectivity index (χ3n) is 6.81. The van der Waals surface area contributed by atoms with E-state index in [2.05, 4.69) is 27.5 Å². The van der Waals surface area contributed by atoms with Gasteiger partial charge in [0, 0.05) is 41.5 Å². The number of hydrogen-bond donors (Lipinski definition) is 3. The first-order valence-electron chi connectivity index (χ1n) is 13.6. The molecule has 218 valence electrons. The molecule has 1 aliphatic heterocycles. The third kappa shape index (κ3) is 7.29. The number of benzene rings is 3. The first-order chi connectivity index (χ1) is 20.5. The van der Waals surface area contributed by atoms with Crippen molar-refractivity contribution in [3.63, 3.8) is 0 Å². The third-order valence-corrected chi connectivity index (χ3v) is 7.18. The number of aliphatic hydroxyl groups excluding tert-OH is 1. The Kier molecular flexibility index (Phi) is 11.0. The minimum absolute atomic E-state index is 0.0492. The van der Waals surface area contributed by atoms with Crippen LogP contribution < -0.4 is 15.6 Å². The predicted molar refractivity (Wildman–Crippen MR) is 162 cm³/mol. The van der Waals surface area contributed by atoms with Crippen LogP contribution in [0.2, 0.25) is 5.02 Å². The van der Waals surface area contributed by atoms with Gasteiger partial charge in [0.2, 0.25) is 5.90 Å². The molecule has 0 spiro atoms. The van der Waals surface area contributed by atoms with Crippen molar-refractivity contribution in [1.82, 2.24) is 10.9 Å². The molecule has 0 fully saturated rings. The van der Waals surface area contributed by atoms with Gasteiger partial charge in [0.25, 0.3) is 5.91 Å². The molecule has 2 atom stereocenters. The summed E-state index contributed by atoms with van der Waals surface area (Å²) < 4.78 is 12.1. The normalized spacial score (nSPS) is 17.5. The van der Waals surface area contributed by atoms with Gasteiger partial charge in [0.15, 0.2) is 11.6 Å². The van der Waals surface area contributed by atoms with Crippen molar-refractivity contribution < 1.29 is 19.4 Å². The molecule has 10 nitrogen and oxygen atoms in total. The number of nitrogens with one attached hydrogen (secondary N) is 2. The zero-order valence-corrected chi connectivity index (χ0v) is 23.8. The van der Waals surface area contributed by atoms with Gasteiger partial charge in [-0.05, 0) is 59.0 Å². The molecule has 0 bridgehead atoms. The molecule has 0 radical (unpaired) electrons. The monoisotopic (exact) mass is 588 g/mol. The average Bonchev–Trinajstić information content (AvgIpc) is 3.40. The quantitative estimate of drug-likeness (QED) is 0.0528. The van der Waals surface area contributed by atoms with Crippen LogP contribution in [0.1, 0.15) is 41.2 Å². The first kappa shape index (κ1) is 30.6. The zero-order chi connectivity index (χ0) is 29.8. The highest BCUT2D eigenvalue weighted by atomic mass is 35.5. The molecule has 4 rings (SSSR count). The lowest BCUT2D eigenvalue weighted by Gasteiger charge is -2.30. The smallest absolute Gasteiger partial charge is 0.266 e.